The maximum absolute atomic E-state index is 14.2. The Labute approximate surface area is 252 Å². The Morgan fingerprint density at radius 1 is 0.952 bits per heavy atom. The van der Waals surface area contributed by atoms with Crippen LogP contribution in [0.25, 0.3) is 0 Å². The molecule has 0 unspecified atom stereocenters. The second kappa shape index (κ2) is 13.9. The van der Waals surface area contributed by atoms with Crippen molar-refractivity contribution in [1.82, 2.24) is 10.2 Å². The van der Waals surface area contributed by atoms with Gasteiger partial charge in [0.2, 0.25) is 11.8 Å². The van der Waals surface area contributed by atoms with E-state index in [2.05, 4.69) is 5.32 Å². The maximum Gasteiger partial charge on any atom is 0.264 e. The first-order valence-corrected chi connectivity index (χ1v) is 15.7. The van der Waals surface area contributed by atoms with Gasteiger partial charge in [0.25, 0.3) is 10.0 Å². The third-order valence-electron chi connectivity index (χ3n) is 6.76. The quantitative estimate of drug-likeness (QED) is 0.312. The van der Waals surface area contributed by atoms with Gasteiger partial charge in [0, 0.05) is 24.2 Å². The first kappa shape index (κ1) is 31.2. The van der Waals surface area contributed by atoms with E-state index in [1.54, 1.807) is 60.7 Å². The van der Waals surface area contributed by atoms with Crippen molar-refractivity contribution >= 4 is 39.1 Å². The smallest absolute Gasteiger partial charge is 0.264 e. The van der Waals surface area contributed by atoms with Crippen LogP contribution in [0.15, 0.2) is 77.7 Å². The Bertz CT molecular complexity index is 1480. The SMILES string of the molecule is CC[C@@H](C(=O)NCC(C)C)N(Cc1ccc(Cl)cc1)C(=O)CN(c1ccc2c(c1)OCCO2)S(=O)(=O)c1ccccc1. The number of hydrogen-bond acceptors (Lipinski definition) is 6. The van der Waals surface area contributed by atoms with Crippen LogP contribution in [-0.2, 0) is 26.2 Å². The van der Waals surface area contributed by atoms with Gasteiger partial charge in [-0.25, -0.2) is 8.42 Å². The molecular formula is C31H36ClN3O6S. The van der Waals surface area contributed by atoms with Gasteiger partial charge in [-0.1, -0.05) is 62.7 Å². The zero-order valence-electron chi connectivity index (χ0n) is 24.0. The van der Waals surface area contributed by atoms with Crippen molar-refractivity contribution in [3.63, 3.8) is 0 Å². The number of nitrogens with zero attached hydrogens (tertiary/aromatic N) is 2. The number of benzene rings is 3. The molecule has 0 saturated carbocycles. The van der Waals surface area contributed by atoms with Crippen molar-refractivity contribution in [1.29, 1.82) is 0 Å². The van der Waals surface area contributed by atoms with Crippen LogP contribution in [0.3, 0.4) is 0 Å². The molecule has 0 saturated heterocycles. The number of fused-ring (bicyclic) bond motifs is 1. The number of ether oxygens (including phenoxy) is 2. The van der Waals surface area contributed by atoms with Crippen molar-refractivity contribution in [3.05, 3.63) is 83.4 Å². The third-order valence-corrected chi connectivity index (χ3v) is 8.80. The molecule has 0 aromatic heterocycles. The molecule has 9 nitrogen and oxygen atoms in total. The molecule has 224 valence electrons. The summed E-state index contributed by atoms with van der Waals surface area (Å²) < 4.78 is 40.4. The van der Waals surface area contributed by atoms with E-state index in [0.717, 1.165) is 9.87 Å². The summed E-state index contributed by atoms with van der Waals surface area (Å²) in [6.07, 6.45) is 0.332. The Kier molecular flexibility index (Phi) is 10.3. The lowest BCUT2D eigenvalue weighted by Gasteiger charge is -2.33. The van der Waals surface area contributed by atoms with Gasteiger partial charge in [0.1, 0.15) is 25.8 Å². The number of nitrogens with one attached hydrogen (secondary N) is 1. The Hall–Kier alpha value is -3.76. The Balaban J connectivity index is 1.73. The lowest BCUT2D eigenvalue weighted by Crippen LogP contribution is -2.52. The number of hydrogen-bond donors (Lipinski definition) is 1. The van der Waals surface area contributed by atoms with E-state index >= 15 is 0 Å². The highest BCUT2D eigenvalue weighted by Gasteiger charge is 2.34. The first-order valence-electron chi connectivity index (χ1n) is 13.9. The molecule has 42 heavy (non-hydrogen) atoms. The summed E-state index contributed by atoms with van der Waals surface area (Å²) in [5.74, 6) is 0.257. The number of amides is 2. The van der Waals surface area contributed by atoms with E-state index < -0.39 is 28.5 Å². The van der Waals surface area contributed by atoms with Crippen LogP contribution in [0, 0.1) is 5.92 Å². The van der Waals surface area contributed by atoms with E-state index in [0.29, 0.717) is 42.7 Å². The summed E-state index contributed by atoms with van der Waals surface area (Å²) in [5.41, 5.74) is 0.986. The third kappa shape index (κ3) is 7.54. The van der Waals surface area contributed by atoms with Crippen LogP contribution in [0.5, 0.6) is 11.5 Å². The lowest BCUT2D eigenvalue weighted by molar-refractivity contribution is -0.140. The summed E-state index contributed by atoms with van der Waals surface area (Å²) in [4.78, 5) is 28.9. The molecule has 0 bridgehead atoms. The molecule has 4 rings (SSSR count). The van der Waals surface area contributed by atoms with Crippen molar-refractivity contribution < 1.29 is 27.5 Å². The van der Waals surface area contributed by atoms with Crippen LogP contribution < -0.4 is 19.1 Å². The van der Waals surface area contributed by atoms with Crippen LogP contribution in [0.4, 0.5) is 5.69 Å². The first-order chi connectivity index (χ1) is 20.1. The Morgan fingerprint density at radius 2 is 1.62 bits per heavy atom. The van der Waals surface area contributed by atoms with Gasteiger partial charge in [0.05, 0.1) is 10.6 Å². The number of anilines is 1. The summed E-state index contributed by atoms with van der Waals surface area (Å²) >= 11 is 6.08. The van der Waals surface area contributed by atoms with Gasteiger partial charge in [0.15, 0.2) is 11.5 Å². The molecule has 0 spiro atoms. The highest BCUT2D eigenvalue weighted by molar-refractivity contribution is 7.92. The molecule has 2 amide bonds. The van der Waals surface area contributed by atoms with E-state index in [-0.39, 0.29) is 29.0 Å². The number of carbonyl (C=O) groups excluding carboxylic acids is 2. The number of rotatable bonds is 12. The van der Waals surface area contributed by atoms with Crippen LogP contribution >= 0.6 is 11.6 Å². The molecule has 0 radical (unpaired) electrons. The average Bonchev–Trinajstić information content (AvgIpc) is 2.99. The number of sulfonamides is 1. The fourth-order valence-electron chi connectivity index (χ4n) is 4.56. The fourth-order valence-corrected chi connectivity index (χ4v) is 6.12. The minimum Gasteiger partial charge on any atom is -0.486 e. The molecule has 11 heteroatoms. The zero-order chi connectivity index (χ0) is 30.3. The normalized spacial score (nSPS) is 13.4. The molecule has 0 fully saturated rings. The standard InChI is InChI=1S/C31H36ClN3O6S/c1-4-27(31(37)33-19-22(2)3)34(20-23-10-12-24(32)13-11-23)30(36)21-35(42(38,39)26-8-6-5-7-9-26)25-14-15-28-29(18-25)41-17-16-40-28/h5-15,18,22,27H,4,16-17,19-21H2,1-3H3,(H,33,37)/t27-/m0/s1. The van der Waals surface area contributed by atoms with Crippen LogP contribution in [-0.4, -0.2) is 57.5 Å². The van der Waals surface area contributed by atoms with E-state index in [1.165, 1.54) is 17.0 Å². The molecule has 1 N–H and O–H groups in total. The molecule has 1 aliphatic heterocycles. The van der Waals surface area contributed by atoms with Crippen molar-refractivity contribution in [3.8, 4) is 11.5 Å². The molecular weight excluding hydrogens is 578 g/mol. The summed E-state index contributed by atoms with van der Waals surface area (Å²) in [6, 6.07) is 18.8. The largest absolute Gasteiger partial charge is 0.486 e. The highest BCUT2D eigenvalue weighted by atomic mass is 35.5. The van der Waals surface area contributed by atoms with Crippen molar-refractivity contribution in [2.75, 3.05) is 30.6 Å². The van der Waals surface area contributed by atoms with E-state index in [4.69, 9.17) is 21.1 Å². The van der Waals surface area contributed by atoms with Crippen LogP contribution in [0.2, 0.25) is 5.02 Å². The average molecular weight is 614 g/mol. The highest BCUT2D eigenvalue weighted by Crippen LogP contribution is 2.36. The van der Waals surface area contributed by atoms with Crippen molar-refractivity contribution in [2.45, 2.75) is 44.7 Å². The van der Waals surface area contributed by atoms with E-state index in [1.807, 2.05) is 20.8 Å². The second-order valence-electron chi connectivity index (χ2n) is 10.4. The minimum atomic E-state index is -4.19. The van der Waals surface area contributed by atoms with E-state index in [9.17, 15) is 18.0 Å². The van der Waals surface area contributed by atoms with Gasteiger partial charge in [-0.05, 0) is 54.3 Å². The summed E-state index contributed by atoms with van der Waals surface area (Å²) in [7, 11) is -4.19. The van der Waals surface area contributed by atoms with Gasteiger partial charge in [-0.3, -0.25) is 13.9 Å². The van der Waals surface area contributed by atoms with Crippen LogP contribution in [0.1, 0.15) is 32.8 Å². The molecule has 3 aromatic rings. The summed E-state index contributed by atoms with van der Waals surface area (Å²) in [6.45, 7) is 6.48. The number of carbonyl (C=O) groups is 2. The second-order valence-corrected chi connectivity index (χ2v) is 12.7. The van der Waals surface area contributed by atoms with Crippen molar-refractivity contribution in [2.24, 2.45) is 5.92 Å². The molecule has 3 aromatic carbocycles. The Morgan fingerprint density at radius 3 is 2.26 bits per heavy atom. The molecule has 1 atom stereocenters. The molecule has 1 aliphatic rings. The zero-order valence-corrected chi connectivity index (χ0v) is 25.5. The fraction of sp³-hybridized carbons (Fsp3) is 0.355. The minimum absolute atomic E-state index is 0.0265. The van der Waals surface area contributed by atoms with Gasteiger partial charge in [-0.2, -0.15) is 0 Å². The lowest BCUT2D eigenvalue weighted by atomic mass is 10.1. The van der Waals surface area contributed by atoms with Gasteiger partial charge >= 0.3 is 0 Å². The number of halogens is 1. The summed E-state index contributed by atoms with van der Waals surface area (Å²) in [5, 5.41) is 3.46. The van der Waals surface area contributed by atoms with Gasteiger partial charge < -0.3 is 19.7 Å². The maximum atomic E-state index is 14.2. The molecule has 0 aliphatic carbocycles. The predicted molar refractivity (Wildman–Crippen MR) is 162 cm³/mol. The predicted octanol–water partition coefficient (Wildman–Crippen LogP) is 4.89. The monoisotopic (exact) mass is 613 g/mol. The van der Waals surface area contributed by atoms with Gasteiger partial charge in [-0.15, -0.1) is 0 Å². The molecule has 1 heterocycles. The topological polar surface area (TPSA) is 105 Å².